The van der Waals surface area contributed by atoms with E-state index in [1.807, 2.05) is 49.4 Å². The van der Waals surface area contributed by atoms with Crippen LogP contribution in [-0.4, -0.2) is 34.8 Å². The van der Waals surface area contributed by atoms with Crippen molar-refractivity contribution in [2.45, 2.75) is 38.1 Å². The quantitative estimate of drug-likeness (QED) is 0.820. The van der Waals surface area contributed by atoms with Crippen LogP contribution in [0.1, 0.15) is 32.6 Å². The first-order chi connectivity index (χ1) is 13.0. The van der Waals surface area contributed by atoms with E-state index in [-0.39, 0.29) is 24.3 Å². The summed E-state index contributed by atoms with van der Waals surface area (Å²) >= 11 is 0. The molecular weight excluding hydrogens is 342 g/mol. The van der Waals surface area contributed by atoms with Crippen LogP contribution in [0.25, 0.3) is 10.8 Å². The molecule has 0 bridgehead atoms. The molecule has 2 fully saturated rings. The Bertz CT molecular complexity index is 926. The second-order valence-electron chi connectivity index (χ2n) is 7.55. The zero-order valence-corrected chi connectivity index (χ0v) is 15.3. The lowest BCUT2D eigenvalue weighted by molar-refractivity contribution is -0.136. The third kappa shape index (κ3) is 3.05. The van der Waals surface area contributed by atoms with Crippen LogP contribution in [0.3, 0.4) is 0 Å². The molecule has 140 valence electrons. The number of nitrogens with one attached hydrogen (secondary N) is 2. The van der Waals surface area contributed by atoms with Gasteiger partial charge in [-0.3, -0.25) is 14.5 Å². The van der Waals surface area contributed by atoms with E-state index in [0.717, 1.165) is 34.9 Å². The van der Waals surface area contributed by atoms with Crippen LogP contribution in [-0.2, 0) is 9.59 Å². The summed E-state index contributed by atoms with van der Waals surface area (Å²) in [5, 5.41) is 7.76. The van der Waals surface area contributed by atoms with Gasteiger partial charge in [-0.2, -0.15) is 0 Å². The summed E-state index contributed by atoms with van der Waals surface area (Å²) in [4.78, 5) is 38.8. The first-order valence-corrected chi connectivity index (χ1v) is 9.42. The molecule has 0 unspecified atom stereocenters. The molecule has 2 aromatic rings. The summed E-state index contributed by atoms with van der Waals surface area (Å²) in [5.41, 5.74) is -0.190. The van der Waals surface area contributed by atoms with Crippen LogP contribution in [0.15, 0.2) is 42.5 Å². The van der Waals surface area contributed by atoms with Crippen molar-refractivity contribution >= 4 is 34.3 Å². The van der Waals surface area contributed by atoms with Crippen molar-refractivity contribution < 1.29 is 14.4 Å². The Morgan fingerprint density at radius 3 is 2.74 bits per heavy atom. The fourth-order valence-electron chi connectivity index (χ4n) is 4.25. The van der Waals surface area contributed by atoms with Crippen LogP contribution in [0.4, 0.5) is 10.5 Å². The van der Waals surface area contributed by atoms with E-state index >= 15 is 0 Å². The van der Waals surface area contributed by atoms with Crippen molar-refractivity contribution in [3.8, 4) is 0 Å². The van der Waals surface area contributed by atoms with Crippen molar-refractivity contribution in [1.82, 2.24) is 10.2 Å². The van der Waals surface area contributed by atoms with Gasteiger partial charge in [0.25, 0.3) is 5.91 Å². The van der Waals surface area contributed by atoms with Gasteiger partial charge in [-0.05, 0) is 41.7 Å². The Balaban J connectivity index is 1.47. The third-order valence-corrected chi connectivity index (χ3v) is 5.84. The molecule has 1 saturated heterocycles. The topological polar surface area (TPSA) is 78.5 Å². The molecule has 4 rings (SSSR count). The number of imide groups is 1. The highest BCUT2D eigenvalue weighted by Gasteiger charge is 2.55. The number of nitrogens with zero attached hydrogens (tertiary/aromatic N) is 1. The number of carbonyl (C=O) groups excluding carboxylic acids is 3. The van der Waals surface area contributed by atoms with Crippen molar-refractivity contribution in [2.75, 3.05) is 11.9 Å². The van der Waals surface area contributed by atoms with Crippen LogP contribution in [0.5, 0.6) is 0 Å². The Morgan fingerprint density at radius 2 is 1.96 bits per heavy atom. The predicted molar refractivity (Wildman–Crippen MR) is 103 cm³/mol. The number of urea groups is 1. The van der Waals surface area contributed by atoms with E-state index in [2.05, 4.69) is 10.6 Å². The number of benzene rings is 2. The molecule has 2 N–H and O–H groups in total. The fourth-order valence-corrected chi connectivity index (χ4v) is 4.25. The molecule has 2 aliphatic rings. The van der Waals surface area contributed by atoms with Gasteiger partial charge in [-0.1, -0.05) is 50.1 Å². The highest BCUT2D eigenvalue weighted by molar-refractivity contribution is 6.10. The zero-order chi connectivity index (χ0) is 19.0. The normalized spacial score (nSPS) is 25.1. The Morgan fingerprint density at radius 1 is 1.19 bits per heavy atom. The molecule has 1 aliphatic heterocycles. The predicted octanol–water partition coefficient (Wildman–Crippen LogP) is 3.28. The number of fused-ring (bicyclic) bond motifs is 1. The van der Waals surface area contributed by atoms with E-state index < -0.39 is 11.6 Å². The summed E-state index contributed by atoms with van der Waals surface area (Å²) in [5.74, 6) is -0.570. The number of rotatable bonds is 3. The Kier molecular flexibility index (Phi) is 4.34. The van der Waals surface area contributed by atoms with Crippen LogP contribution in [0, 0.1) is 5.92 Å². The molecule has 1 spiro atoms. The SMILES string of the molecule is C[C@@H]1CCCC[C@@]12NC(=O)N(CC(=O)Nc1ccc3ccccc3c1)C2=O. The molecule has 27 heavy (non-hydrogen) atoms. The maximum Gasteiger partial charge on any atom is 0.325 e. The van der Waals surface area contributed by atoms with Crippen molar-refractivity contribution in [3.63, 3.8) is 0 Å². The van der Waals surface area contributed by atoms with Crippen LogP contribution in [0.2, 0.25) is 0 Å². The summed E-state index contributed by atoms with van der Waals surface area (Å²) in [6, 6.07) is 13.0. The molecule has 4 amide bonds. The van der Waals surface area contributed by atoms with Gasteiger partial charge in [0, 0.05) is 5.69 Å². The number of hydrogen-bond acceptors (Lipinski definition) is 3. The number of anilines is 1. The minimum atomic E-state index is -0.835. The van der Waals surface area contributed by atoms with E-state index in [9.17, 15) is 14.4 Å². The number of amides is 4. The molecule has 6 heteroatoms. The van der Waals surface area contributed by atoms with Gasteiger partial charge >= 0.3 is 6.03 Å². The maximum atomic E-state index is 12.9. The summed E-state index contributed by atoms with van der Waals surface area (Å²) in [6.45, 7) is 1.72. The molecule has 2 atom stereocenters. The van der Waals surface area contributed by atoms with E-state index in [1.165, 1.54) is 0 Å². The van der Waals surface area contributed by atoms with E-state index in [4.69, 9.17) is 0 Å². The smallest absolute Gasteiger partial charge is 0.325 e. The Labute approximate surface area is 157 Å². The lowest BCUT2D eigenvalue weighted by atomic mass is 9.73. The van der Waals surface area contributed by atoms with E-state index in [1.54, 1.807) is 0 Å². The summed E-state index contributed by atoms with van der Waals surface area (Å²) in [6.07, 6.45) is 3.52. The molecule has 2 aromatic carbocycles. The summed E-state index contributed by atoms with van der Waals surface area (Å²) in [7, 11) is 0. The highest BCUT2D eigenvalue weighted by atomic mass is 16.2. The minimum absolute atomic E-state index is 0.0799. The van der Waals surface area contributed by atoms with Gasteiger partial charge < -0.3 is 10.6 Å². The highest BCUT2D eigenvalue weighted by Crippen LogP contribution is 2.38. The molecule has 0 aromatic heterocycles. The van der Waals surface area contributed by atoms with Gasteiger partial charge in [-0.15, -0.1) is 0 Å². The third-order valence-electron chi connectivity index (χ3n) is 5.84. The lowest BCUT2D eigenvalue weighted by Crippen LogP contribution is -2.54. The van der Waals surface area contributed by atoms with Gasteiger partial charge in [-0.25, -0.2) is 4.79 Å². The van der Waals surface area contributed by atoms with Crippen molar-refractivity contribution in [2.24, 2.45) is 5.92 Å². The second kappa shape index (κ2) is 6.68. The lowest BCUT2D eigenvalue weighted by Gasteiger charge is -2.36. The molecule has 6 nitrogen and oxygen atoms in total. The second-order valence-corrected chi connectivity index (χ2v) is 7.55. The fraction of sp³-hybridized carbons (Fsp3) is 0.381. The number of carbonyl (C=O) groups is 3. The van der Waals surface area contributed by atoms with Gasteiger partial charge in [0.05, 0.1) is 0 Å². The average molecular weight is 365 g/mol. The monoisotopic (exact) mass is 365 g/mol. The number of hydrogen-bond donors (Lipinski definition) is 2. The summed E-state index contributed by atoms with van der Waals surface area (Å²) < 4.78 is 0. The van der Waals surface area contributed by atoms with Crippen LogP contribution < -0.4 is 10.6 Å². The standard InChI is InChI=1S/C21H23N3O3/c1-14-6-4-5-11-21(14)19(26)24(20(27)23-21)13-18(25)22-17-10-9-15-7-2-3-8-16(15)12-17/h2-3,7-10,12,14H,4-6,11,13H2,1H3,(H,22,25)(H,23,27)/t14-,21-/m1/s1. The minimum Gasteiger partial charge on any atom is -0.325 e. The molecule has 1 aliphatic carbocycles. The first-order valence-electron chi connectivity index (χ1n) is 9.42. The molecule has 0 radical (unpaired) electrons. The maximum absolute atomic E-state index is 12.9. The zero-order valence-electron chi connectivity index (χ0n) is 15.3. The Hall–Kier alpha value is -2.89. The molecular formula is C21H23N3O3. The molecule has 1 heterocycles. The first kappa shape index (κ1) is 17.5. The van der Waals surface area contributed by atoms with E-state index in [0.29, 0.717) is 12.1 Å². The van der Waals surface area contributed by atoms with Gasteiger partial charge in [0.2, 0.25) is 5.91 Å². The largest absolute Gasteiger partial charge is 0.325 e. The van der Waals surface area contributed by atoms with Gasteiger partial charge in [0.15, 0.2) is 0 Å². The van der Waals surface area contributed by atoms with Crippen molar-refractivity contribution in [3.05, 3.63) is 42.5 Å². The molecule has 1 saturated carbocycles. The average Bonchev–Trinajstić information content (AvgIpc) is 2.89. The van der Waals surface area contributed by atoms with Crippen LogP contribution >= 0.6 is 0 Å². The van der Waals surface area contributed by atoms with Crippen molar-refractivity contribution in [1.29, 1.82) is 0 Å². The van der Waals surface area contributed by atoms with Gasteiger partial charge in [0.1, 0.15) is 12.1 Å².